The normalized spacial score (nSPS) is 11.5. The van der Waals surface area contributed by atoms with Crippen molar-refractivity contribution in [2.45, 2.75) is 26.8 Å². The summed E-state index contributed by atoms with van der Waals surface area (Å²) in [7, 11) is 0. The zero-order chi connectivity index (χ0) is 20.0. The van der Waals surface area contributed by atoms with Crippen LogP contribution >= 0.6 is 22.9 Å². The van der Waals surface area contributed by atoms with Crippen molar-refractivity contribution >= 4 is 34.1 Å². The number of fused-ring (bicyclic) bond motifs is 1. The molecule has 0 aliphatic heterocycles. The van der Waals surface area contributed by atoms with Crippen molar-refractivity contribution in [2.24, 2.45) is 0 Å². The highest BCUT2D eigenvalue weighted by atomic mass is 35.5. The Balaban J connectivity index is 2.09. The number of thiophene rings is 1. The molecule has 28 heavy (non-hydrogen) atoms. The van der Waals surface area contributed by atoms with Crippen LogP contribution in [-0.2, 0) is 0 Å². The molecule has 4 aromatic rings. The Morgan fingerprint density at radius 2 is 1.93 bits per heavy atom. The highest BCUT2D eigenvalue weighted by Crippen LogP contribution is 2.34. The van der Waals surface area contributed by atoms with Crippen LogP contribution in [0.3, 0.4) is 0 Å². The quantitative estimate of drug-likeness (QED) is 0.540. The summed E-state index contributed by atoms with van der Waals surface area (Å²) in [5, 5.41) is 0.100. The minimum absolute atomic E-state index is 0.0748. The van der Waals surface area contributed by atoms with Crippen LogP contribution in [0, 0.1) is 6.92 Å². The Labute approximate surface area is 169 Å². The summed E-state index contributed by atoms with van der Waals surface area (Å²) in [6, 6.07) is 6.90. The van der Waals surface area contributed by atoms with E-state index in [2.05, 4.69) is 15.0 Å². The second-order valence-electron chi connectivity index (χ2n) is 6.75. The summed E-state index contributed by atoms with van der Waals surface area (Å²) >= 11 is 7.80. The molecule has 0 aliphatic carbocycles. The molecule has 0 unspecified atom stereocenters. The standard InChI is InChI=1S/C20H17ClN4O2S/c1-10(2)25-9-12(8-13(21)20(25)27)16-18(15-5-4-11(3)28-15)24-19-17(23-16)14(26)6-7-22-19/h4-10H,1-3H3,(H,22,24,26). The van der Waals surface area contributed by atoms with Crippen LogP contribution in [0.5, 0.6) is 0 Å². The Morgan fingerprint density at radius 1 is 1.14 bits per heavy atom. The molecule has 0 bridgehead atoms. The maximum Gasteiger partial charge on any atom is 0.269 e. The van der Waals surface area contributed by atoms with E-state index in [1.54, 1.807) is 34.4 Å². The third-order valence-electron chi connectivity index (χ3n) is 4.39. The topological polar surface area (TPSA) is 80.6 Å². The van der Waals surface area contributed by atoms with Crippen molar-refractivity contribution in [1.82, 2.24) is 19.5 Å². The fourth-order valence-electron chi connectivity index (χ4n) is 3.00. The molecule has 4 rings (SSSR count). The van der Waals surface area contributed by atoms with Gasteiger partial charge >= 0.3 is 0 Å². The lowest BCUT2D eigenvalue weighted by molar-refractivity contribution is 0.579. The van der Waals surface area contributed by atoms with Gasteiger partial charge in [-0.05, 0) is 39.0 Å². The summed E-state index contributed by atoms with van der Waals surface area (Å²) in [5.74, 6) is 0. The number of hydrogen-bond donors (Lipinski definition) is 1. The molecule has 0 amide bonds. The van der Waals surface area contributed by atoms with Gasteiger partial charge in [0.05, 0.1) is 10.6 Å². The molecule has 142 valence electrons. The number of aromatic nitrogens is 4. The Hall–Kier alpha value is -2.77. The van der Waals surface area contributed by atoms with Gasteiger partial charge in [0.25, 0.3) is 5.56 Å². The minimum atomic E-state index is -0.263. The molecule has 6 nitrogen and oxygen atoms in total. The molecule has 0 saturated carbocycles. The van der Waals surface area contributed by atoms with Crippen LogP contribution in [-0.4, -0.2) is 19.5 Å². The van der Waals surface area contributed by atoms with Crippen molar-refractivity contribution in [3.63, 3.8) is 0 Å². The van der Waals surface area contributed by atoms with Gasteiger partial charge in [-0.25, -0.2) is 9.97 Å². The molecule has 8 heteroatoms. The smallest absolute Gasteiger partial charge is 0.269 e. The van der Waals surface area contributed by atoms with Crippen LogP contribution in [0.15, 0.2) is 46.2 Å². The molecule has 0 aliphatic rings. The first-order chi connectivity index (χ1) is 13.3. The van der Waals surface area contributed by atoms with Gasteiger partial charge in [-0.2, -0.15) is 0 Å². The van der Waals surface area contributed by atoms with Crippen molar-refractivity contribution in [1.29, 1.82) is 0 Å². The number of nitrogens with zero attached hydrogens (tertiary/aromatic N) is 3. The van der Waals surface area contributed by atoms with Crippen molar-refractivity contribution in [3.05, 3.63) is 67.1 Å². The van der Waals surface area contributed by atoms with Crippen molar-refractivity contribution in [3.8, 4) is 21.8 Å². The molecule has 0 aromatic carbocycles. The second kappa shape index (κ2) is 7.00. The van der Waals surface area contributed by atoms with Gasteiger partial charge in [0, 0.05) is 34.9 Å². The molecular formula is C20H17ClN4O2S. The zero-order valence-corrected chi connectivity index (χ0v) is 17.1. The van der Waals surface area contributed by atoms with Gasteiger partial charge in [-0.3, -0.25) is 9.59 Å². The Bertz CT molecular complexity index is 1320. The largest absolute Gasteiger partial charge is 0.345 e. The monoisotopic (exact) mass is 412 g/mol. The lowest BCUT2D eigenvalue weighted by Crippen LogP contribution is -2.22. The Morgan fingerprint density at radius 3 is 2.61 bits per heavy atom. The zero-order valence-electron chi connectivity index (χ0n) is 15.5. The lowest BCUT2D eigenvalue weighted by Gasteiger charge is -2.14. The van der Waals surface area contributed by atoms with Gasteiger partial charge in [-0.15, -0.1) is 11.3 Å². The lowest BCUT2D eigenvalue weighted by atomic mass is 10.1. The molecule has 4 aromatic heterocycles. The maximum atomic E-state index is 12.4. The van der Waals surface area contributed by atoms with Gasteiger partial charge in [0.1, 0.15) is 10.7 Å². The van der Waals surface area contributed by atoms with Crippen LogP contribution in [0.4, 0.5) is 0 Å². The molecule has 0 atom stereocenters. The third kappa shape index (κ3) is 3.16. The van der Waals surface area contributed by atoms with Gasteiger partial charge in [0.2, 0.25) is 5.43 Å². The highest BCUT2D eigenvalue weighted by Gasteiger charge is 2.18. The molecule has 4 heterocycles. The number of aromatic amines is 1. The van der Waals surface area contributed by atoms with E-state index in [0.717, 1.165) is 9.75 Å². The second-order valence-corrected chi connectivity index (χ2v) is 8.45. The number of H-pyrrole nitrogens is 1. The van der Waals surface area contributed by atoms with Crippen molar-refractivity contribution in [2.75, 3.05) is 0 Å². The van der Waals surface area contributed by atoms with Crippen molar-refractivity contribution < 1.29 is 0 Å². The van der Waals surface area contributed by atoms with E-state index in [-0.39, 0.29) is 27.6 Å². The molecular weight excluding hydrogens is 396 g/mol. The van der Waals surface area contributed by atoms with Gasteiger partial charge < -0.3 is 9.55 Å². The number of hydrogen-bond acceptors (Lipinski definition) is 5. The SMILES string of the molecule is Cc1ccc(-c2nc3[nH]ccc(=O)c3nc2-c2cc(Cl)c(=O)n(C(C)C)c2)s1. The first-order valence-electron chi connectivity index (χ1n) is 8.73. The summed E-state index contributed by atoms with van der Waals surface area (Å²) in [4.78, 5) is 39.0. The van der Waals surface area contributed by atoms with E-state index in [0.29, 0.717) is 22.6 Å². The first-order valence-corrected chi connectivity index (χ1v) is 9.93. The fraction of sp³-hybridized carbons (Fsp3) is 0.200. The number of aryl methyl sites for hydroxylation is 1. The van der Waals surface area contributed by atoms with E-state index in [1.807, 2.05) is 32.9 Å². The molecule has 0 fully saturated rings. The third-order valence-corrected chi connectivity index (χ3v) is 5.66. The van der Waals surface area contributed by atoms with Gasteiger partial charge in [-0.1, -0.05) is 11.6 Å². The van der Waals surface area contributed by atoms with Crippen LogP contribution in [0.2, 0.25) is 5.02 Å². The van der Waals surface area contributed by atoms with E-state index in [4.69, 9.17) is 11.6 Å². The molecule has 0 spiro atoms. The molecule has 0 saturated heterocycles. The van der Waals surface area contributed by atoms with E-state index in [1.165, 1.54) is 6.07 Å². The van der Waals surface area contributed by atoms with E-state index in [9.17, 15) is 9.59 Å². The average Bonchev–Trinajstić information content (AvgIpc) is 3.09. The summed E-state index contributed by atoms with van der Waals surface area (Å²) in [5.41, 5.74) is 1.96. The minimum Gasteiger partial charge on any atom is -0.345 e. The highest BCUT2D eigenvalue weighted by molar-refractivity contribution is 7.15. The van der Waals surface area contributed by atoms with Crippen LogP contribution in [0.1, 0.15) is 24.8 Å². The first kappa shape index (κ1) is 18.6. The number of nitrogens with one attached hydrogen (secondary N) is 1. The fourth-order valence-corrected chi connectivity index (χ4v) is 4.07. The van der Waals surface area contributed by atoms with E-state index >= 15 is 0 Å². The van der Waals surface area contributed by atoms with Gasteiger partial charge in [0.15, 0.2) is 11.2 Å². The summed E-state index contributed by atoms with van der Waals surface area (Å²) in [6.07, 6.45) is 3.27. The summed E-state index contributed by atoms with van der Waals surface area (Å²) < 4.78 is 1.56. The molecule has 0 radical (unpaired) electrons. The number of pyridine rings is 2. The van der Waals surface area contributed by atoms with E-state index < -0.39 is 0 Å². The van der Waals surface area contributed by atoms with Crippen LogP contribution < -0.4 is 11.0 Å². The predicted molar refractivity (Wildman–Crippen MR) is 113 cm³/mol. The predicted octanol–water partition coefficient (Wildman–Crippen LogP) is 4.42. The Kier molecular flexibility index (Phi) is 4.64. The molecule has 1 N–H and O–H groups in total. The summed E-state index contributed by atoms with van der Waals surface area (Å²) in [6.45, 7) is 5.82. The maximum absolute atomic E-state index is 12.4. The van der Waals surface area contributed by atoms with Crippen LogP contribution in [0.25, 0.3) is 33.0 Å². The average molecular weight is 413 g/mol. The number of halogens is 1. The number of rotatable bonds is 3.